The molecule has 2 aromatic heterocycles. The monoisotopic (exact) mass is 192 g/mol. The molecule has 2 aromatic rings. The molecule has 4 N–H and O–H groups in total. The van der Waals surface area contributed by atoms with Gasteiger partial charge in [0.1, 0.15) is 5.82 Å². The molecule has 6 nitrogen and oxygen atoms in total. The average molecular weight is 192 g/mol. The van der Waals surface area contributed by atoms with Crippen molar-refractivity contribution in [2.75, 3.05) is 11.1 Å². The molecule has 0 unspecified atom stereocenters. The van der Waals surface area contributed by atoms with Gasteiger partial charge >= 0.3 is 0 Å². The van der Waals surface area contributed by atoms with Gasteiger partial charge in [-0.25, -0.2) is 4.98 Å². The summed E-state index contributed by atoms with van der Waals surface area (Å²) in [6, 6.07) is 0. The summed E-state index contributed by atoms with van der Waals surface area (Å²) in [5, 5.41) is 7.23. The highest BCUT2D eigenvalue weighted by Gasteiger charge is 2.03. The molecule has 0 fully saturated rings. The lowest BCUT2D eigenvalue weighted by Crippen LogP contribution is -2.03. The molecule has 0 aliphatic rings. The Morgan fingerprint density at radius 2 is 2.50 bits per heavy atom. The first-order valence-electron chi connectivity index (χ1n) is 4.27. The Morgan fingerprint density at radius 3 is 3.07 bits per heavy atom. The number of aryl methyl sites for hydroxylation is 1. The van der Waals surface area contributed by atoms with Crippen LogP contribution in [0.2, 0.25) is 0 Å². The zero-order valence-corrected chi connectivity index (χ0v) is 7.86. The van der Waals surface area contributed by atoms with E-state index in [1.165, 1.54) is 0 Å². The molecular formula is C8H12N6. The first kappa shape index (κ1) is 8.61. The van der Waals surface area contributed by atoms with Crippen molar-refractivity contribution in [1.29, 1.82) is 0 Å². The van der Waals surface area contributed by atoms with E-state index in [-0.39, 0.29) is 0 Å². The number of nitrogen functional groups attached to an aromatic ring is 1. The van der Waals surface area contributed by atoms with Gasteiger partial charge in [0, 0.05) is 25.6 Å². The smallest absolute Gasteiger partial charge is 0.171 e. The Hall–Kier alpha value is -1.98. The molecule has 0 aromatic carbocycles. The number of nitrogens with one attached hydrogen (secondary N) is 2. The van der Waals surface area contributed by atoms with Crippen LogP contribution in [0.5, 0.6) is 0 Å². The van der Waals surface area contributed by atoms with Gasteiger partial charge < -0.3 is 16.0 Å². The van der Waals surface area contributed by atoms with Crippen LogP contribution in [0.15, 0.2) is 18.6 Å². The second kappa shape index (κ2) is 3.41. The van der Waals surface area contributed by atoms with E-state index in [9.17, 15) is 0 Å². The number of hydrogen-bond donors (Lipinski definition) is 3. The zero-order valence-electron chi connectivity index (χ0n) is 7.86. The third kappa shape index (κ3) is 1.68. The molecule has 0 aliphatic heterocycles. The van der Waals surface area contributed by atoms with Crippen molar-refractivity contribution in [1.82, 2.24) is 19.7 Å². The van der Waals surface area contributed by atoms with Crippen molar-refractivity contribution in [3.63, 3.8) is 0 Å². The quantitative estimate of drug-likeness (QED) is 0.654. The Balaban J connectivity index is 2.01. The molecule has 0 saturated carbocycles. The van der Waals surface area contributed by atoms with Gasteiger partial charge in [0.15, 0.2) is 5.82 Å². The van der Waals surface area contributed by atoms with Crippen molar-refractivity contribution in [3.05, 3.63) is 24.4 Å². The molecule has 2 rings (SSSR count). The van der Waals surface area contributed by atoms with E-state index >= 15 is 0 Å². The first-order chi connectivity index (χ1) is 6.75. The van der Waals surface area contributed by atoms with Crippen LogP contribution >= 0.6 is 0 Å². The fourth-order valence-corrected chi connectivity index (χ4v) is 1.21. The molecule has 0 saturated heterocycles. The summed E-state index contributed by atoms with van der Waals surface area (Å²) < 4.78 is 1.67. The summed E-state index contributed by atoms with van der Waals surface area (Å²) in [5.41, 5.74) is 6.34. The number of aromatic amines is 1. The number of hydrogen-bond acceptors (Lipinski definition) is 4. The zero-order chi connectivity index (χ0) is 9.97. The number of nitrogens with two attached hydrogens (primary N) is 1. The van der Waals surface area contributed by atoms with Gasteiger partial charge in [-0.3, -0.25) is 4.68 Å². The lowest BCUT2D eigenvalue weighted by Gasteiger charge is -2.00. The highest BCUT2D eigenvalue weighted by molar-refractivity contribution is 5.59. The molecule has 2 heterocycles. The second-order valence-electron chi connectivity index (χ2n) is 3.00. The topological polar surface area (TPSA) is 84.5 Å². The van der Waals surface area contributed by atoms with Gasteiger partial charge in [0.05, 0.1) is 12.2 Å². The van der Waals surface area contributed by atoms with Crippen molar-refractivity contribution in [2.45, 2.75) is 6.54 Å². The Kier molecular flexibility index (Phi) is 2.10. The van der Waals surface area contributed by atoms with E-state index in [0.717, 1.165) is 5.82 Å². The van der Waals surface area contributed by atoms with Crippen molar-refractivity contribution in [3.8, 4) is 0 Å². The van der Waals surface area contributed by atoms with Crippen LogP contribution in [-0.4, -0.2) is 19.7 Å². The Morgan fingerprint density at radius 1 is 1.64 bits per heavy atom. The Labute approximate surface area is 81.1 Å². The van der Waals surface area contributed by atoms with Crippen LogP contribution in [0.3, 0.4) is 0 Å². The van der Waals surface area contributed by atoms with Crippen LogP contribution in [0.25, 0.3) is 0 Å². The normalized spacial score (nSPS) is 10.4. The molecule has 74 valence electrons. The van der Waals surface area contributed by atoms with E-state index in [0.29, 0.717) is 18.1 Å². The Bertz CT molecular complexity index is 401. The molecule has 0 aliphatic carbocycles. The predicted molar refractivity (Wildman–Crippen MR) is 53.5 cm³/mol. The highest BCUT2D eigenvalue weighted by atomic mass is 15.3. The van der Waals surface area contributed by atoms with E-state index in [1.807, 2.05) is 7.05 Å². The fraction of sp³-hybridized carbons (Fsp3) is 0.250. The van der Waals surface area contributed by atoms with Crippen LogP contribution in [0.1, 0.15) is 5.82 Å². The number of nitrogens with zero attached hydrogens (tertiary/aromatic N) is 3. The lowest BCUT2D eigenvalue weighted by atomic mass is 10.5. The average Bonchev–Trinajstić information content (AvgIpc) is 2.72. The molecule has 0 radical (unpaired) electrons. The van der Waals surface area contributed by atoms with Crippen molar-refractivity contribution in [2.24, 2.45) is 7.05 Å². The summed E-state index contributed by atoms with van der Waals surface area (Å²) in [4.78, 5) is 7.06. The molecule has 0 amide bonds. The van der Waals surface area contributed by atoms with E-state index in [4.69, 9.17) is 5.73 Å². The SMILES string of the molecule is Cn1cc(N)c(NCc2ncc[nH]2)n1. The van der Waals surface area contributed by atoms with Crippen molar-refractivity contribution >= 4 is 11.5 Å². The van der Waals surface area contributed by atoms with Gasteiger partial charge in [-0.2, -0.15) is 5.10 Å². The van der Waals surface area contributed by atoms with E-state index in [2.05, 4.69) is 20.4 Å². The van der Waals surface area contributed by atoms with E-state index in [1.54, 1.807) is 23.3 Å². The third-order valence-corrected chi connectivity index (χ3v) is 1.84. The summed E-state index contributed by atoms with van der Waals surface area (Å²) in [6.45, 7) is 0.591. The van der Waals surface area contributed by atoms with Gasteiger partial charge in [0.2, 0.25) is 0 Å². The number of imidazole rings is 1. The molecule has 0 spiro atoms. The van der Waals surface area contributed by atoms with Gasteiger partial charge in [-0.1, -0.05) is 0 Å². The second-order valence-corrected chi connectivity index (χ2v) is 3.00. The molecule has 0 atom stereocenters. The standard InChI is InChI=1S/C8H12N6/c1-14-5-6(9)8(13-14)12-4-7-10-2-3-11-7/h2-3,5H,4,9H2,1H3,(H,10,11)(H,12,13). The minimum atomic E-state index is 0.591. The molecule has 0 bridgehead atoms. The van der Waals surface area contributed by atoms with E-state index < -0.39 is 0 Å². The van der Waals surface area contributed by atoms with Gasteiger partial charge in [0.25, 0.3) is 0 Å². The van der Waals surface area contributed by atoms with Crippen LogP contribution in [0, 0.1) is 0 Å². The molecule has 6 heteroatoms. The maximum atomic E-state index is 5.70. The number of aromatic nitrogens is 4. The largest absolute Gasteiger partial charge is 0.394 e. The van der Waals surface area contributed by atoms with Gasteiger partial charge in [-0.15, -0.1) is 0 Å². The first-order valence-corrected chi connectivity index (χ1v) is 4.27. The maximum absolute atomic E-state index is 5.70. The summed E-state index contributed by atoms with van der Waals surface area (Å²) in [6.07, 6.45) is 5.24. The summed E-state index contributed by atoms with van der Waals surface area (Å²) in [5.74, 6) is 1.54. The maximum Gasteiger partial charge on any atom is 0.171 e. The van der Waals surface area contributed by atoms with Gasteiger partial charge in [-0.05, 0) is 0 Å². The number of H-pyrrole nitrogens is 1. The minimum Gasteiger partial charge on any atom is -0.394 e. The summed E-state index contributed by atoms with van der Waals surface area (Å²) in [7, 11) is 1.83. The minimum absolute atomic E-state index is 0.591. The highest BCUT2D eigenvalue weighted by Crippen LogP contribution is 2.14. The number of anilines is 2. The molecule has 14 heavy (non-hydrogen) atoms. The third-order valence-electron chi connectivity index (χ3n) is 1.84. The number of rotatable bonds is 3. The fourth-order valence-electron chi connectivity index (χ4n) is 1.21. The van der Waals surface area contributed by atoms with Crippen molar-refractivity contribution < 1.29 is 0 Å². The van der Waals surface area contributed by atoms with Crippen LogP contribution in [0.4, 0.5) is 11.5 Å². The predicted octanol–water partition coefficient (Wildman–Crippen LogP) is 0.337. The van der Waals surface area contributed by atoms with Crippen LogP contribution in [-0.2, 0) is 13.6 Å². The van der Waals surface area contributed by atoms with Crippen LogP contribution < -0.4 is 11.1 Å². The summed E-state index contributed by atoms with van der Waals surface area (Å²) >= 11 is 0. The molecular weight excluding hydrogens is 180 g/mol. The lowest BCUT2D eigenvalue weighted by molar-refractivity contribution is 0.767.